The van der Waals surface area contributed by atoms with E-state index in [1.165, 1.54) is 0 Å². The third kappa shape index (κ3) is 15.7. The van der Waals surface area contributed by atoms with E-state index < -0.39 is 10.4 Å². The van der Waals surface area contributed by atoms with Crippen LogP contribution in [0.5, 0.6) is 0 Å². The molecular formula is C10H25N2O6PS. The van der Waals surface area contributed by atoms with E-state index in [1.807, 2.05) is 13.8 Å². The summed E-state index contributed by atoms with van der Waals surface area (Å²) in [6.45, 7) is 5.09. The number of ether oxygens (including phenoxy) is 1. The quantitative estimate of drug-likeness (QED) is 0.506. The lowest BCUT2D eigenvalue weighted by Gasteiger charge is -2.23. The molecule has 0 aromatic carbocycles. The van der Waals surface area contributed by atoms with Crippen molar-refractivity contribution in [1.29, 1.82) is 0 Å². The second kappa shape index (κ2) is 13.7. The minimum Gasteiger partial charge on any atom is -0.359 e. The molecule has 0 spiro atoms. The topological polar surface area (TPSA) is 114 Å². The van der Waals surface area contributed by atoms with Crippen LogP contribution in [0.2, 0.25) is 0 Å². The van der Waals surface area contributed by atoms with E-state index in [9.17, 15) is 13.2 Å². The van der Waals surface area contributed by atoms with Crippen molar-refractivity contribution in [2.24, 2.45) is 0 Å². The molecule has 20 heavy (non-hydrogen) atoms. The summed E-state index contributed by atoms with van der Waals surface area (Å²) in [6.07, 6.45) is 3.11. The molecule has 1 saturated heterocycles. The molecule has 1 fully saturated rings. The maximum atomic E-state index is 11.0. The van der Waals surface area contributed by atoms with Crippen molar-refractivity contribution in [3.63, 3.8) is 0 Å². The van der Waals surface area contributed by atoms with Crippen LogP contribution < -0.4 is 10.4 Å². The van der Waals surface area contributed by atoms with Gasteiger partial charge in [0.05, 0.1) is 13.7 Å². The fraction of sp³-hybridized carbons (Fsp3) is 0.900. The van der Waals surface area contributed by atoms with Crippen LogP contribution in [0.25, 0.3) is 0 Å². The first-order valence-corrected chi connectivity index (χ1v) is 8.20. The Morgan fingerprint density at radius 3 is 2.35 bits per heavy atom. The van der Waals surface area contributed by atoms with Gasteiger partial charge in [0.15, 0.2) is 0 Å². The minimum absolute atomic E-state index is 0.0168. The number of hydrogen-bond acceptors (Lipinski definition) is 6. The van der Waals surface area contributed by atoms with E-state index >= 15 is 0 Å². The Labute approximate surface area is 123 Å². The molecule has 1 amide bonds. The molecular weight excluding hydrogens is 307 g/mol. The summed E-state index contributed by atoms with van der Waals surface area (Å²) in [7, 11) is -1.00. The van der Waals surface area contributed by atoms with Gasteiger partial charge in [-0.3, -0.25) is 18.6 Å². The Hall–Kier alpha value is -0.310. The summed E-state index contributed by atoms with van der Waals surface area (Å²) in [5.41, 5.74) is 0. The molecule has 0 saturated carbocycles. The maximum Gasteiger partial charge on any atom is 0.397 e. The molecule has 10 heteroatoms. The number of amides is 1. The van der Waals surface area contributed by atoms with Crippen molar-refractivity contribution < 1.29 is 26.7 Å². The highest BCUT2D eigenvalue weighted by Crippen LogP contribution is 2.09. The summed E-state index contributed by atoms with van der Waals surface area (Å²) in [5.74, 6) is -0.0168. The van der Waals surface area contributed by atoms with Crippen LogP contribution >= 0.6 is 9.39 Å². The minimum atomic E-state index is -4.16. The average Bonchev–Trinajstić information content (AvgIpc) is 2.42. The van der Waals surface area contributed by atoms with Crippen molar-refractivity contribution >= 4 is 25.7 Å². The average molecular weight is 332 g/mol. The first-order valence-electron chi connectivity index (χ1n) is 6.26. The Bertz CT molecular complexity index is 333. The molecule has 3 N–H and O–H groups in total. The Morgan fingerprint density at radius 1 is 1.45 bits per heavy atom. The van der Waals surface area contributed by atoms with Crippen LogP contribution in [0.4, 0.5) is 0 Å². The van der Waals surface area contributed by atoms with Gasteiger partial charge in [-0.25, -0.2) is 0 Å². The van der Waals surface area contributed by atoms with Crippen molar-refractivity contribution in [2.45, 2.75) is 39.3 Å². The van der Waals surface area contributed by atoms with Crippen LogP contribution in [-0.2, 0) is 24.1 Å². The summed E-state index contributed by atoms with van der Waals surface area (Å²) in [4.78, 5) is 11.0. The molecule has 1 heterocycles. The molecule has 1 aliphatic heterocycles. The number of hydrogen-bond donors (Lipinski definition) is 3. The molecule has 0 bridgehead atoms. The molecule has 2 atom stereocenters. The van der Waals surface area contributed by atoms with Gasteiger partial charge in [0.25, 0.3) is 0 Å². The van der Waals surface area contributed by atoms with Crippen LogP contribution in [0.15, 0.2) is 0 Å². The normalized spacial score (nSPS) is 17.9. The lowest BCUT2D eigenvalue weighted by atomic mass is 10.2. The van der Waals surface area contributed by atoms with Crippen molar-refractivity contribution in [3.8, 4) is 0 Å². The molecule has 0 aromatic rings. The predicted molar refractivity (Wildman–Crippen MR) is 79.4 cm³/mol. The van der Waals surface area contributed by atoms with Crippen molar-refractivity contribution in [2.75, 3.05) is 20.3 Å². The van der Waals surface area contributed by atoms with E-state index in [0.29, 0.717) is 6.54 Å². The molecule has 0 aromatic heterocycles. The highest BCUT2D eigenvalue weighted by Gasteiger charge is 2.14. The monoisotopic (exact) mass is 332 g/mol. The Morgan fingerprint density at radius 2 is 2.00 bits per heavy atom. The lowest BCUT2D eigenvalue weighted by molar-refractivity contribution is -0.125. The number of carbonyl (C=O) groups excluding carboxylic acids is 1. The van der Waals surface area contributed by atoms with E-state index in [-0.39, 0.29) is 12.1 Å². The van der Waals surface area contributed by atoms with E-state index in [0.717, 1.165) is 33.0 Å². The lowest BCUT2D eigenvalue weighted by Crippen LogP contribution is -2.41. The second-order valence-electron chi connectivity index (χ2n) is 3.40. The fourth-order valence-corrected chi connectivity index (χ4v) is 1.36. The van der Waals surface area contributed by atoms with Gasteiger partial charge in [-0.1, -0.05) is 23.2 Å². The first-order chi connectivity index (χ1) is 9.39. The van der Waals surface area contributed by atoms with Crippen LogP contribution in [0.3, 0.4) is 0 Å². The zero-order valence-corrected chi connectivity index (χ0v) is 14.1. The maximum absolute atomic E-state index is 11.0. The van der Waals surface area contributed by atoms with E-state index in [2.05, 4.69) is 24.0 Å². The Balaban J connectivity index is 0. The second-order valence-corrected chi connectivity index (χ2v) is 5.00. The third-order valence-corrected chi connectivity index (χ3v) is 2.60. The smallest absolute Gasteiger partial charge is 0.359 e. The van der Waals surface area contributed by atoms with Crippen LogP contribution in [-0.4, -0.2) is 45.4 Å². The number of rotatable bonds is 4. The number of nitrogens with one attached hydrogen (secondary N) is 2. The highest BCUT2D eigenvalue weighted by molar-refractivity contribution is 7.80. The summed E-state index contributed by atoms with van der Waals surface area (Å²) >= 11 is 0. The SMILES string of the molecule is CC.COS(=O)(=O)O.O=C(CNP)N[C@H]1CCCCO1. The highest BCUT2D eigenvalue weighted by atomic mass is 32.3. The molecule has 8 nitrogen and oxygen atoms in total. The Kier molecular flexibility index (Phi) is 15.0. The van der Waals surface area contributed by atoms with Crippen molar-refractivity contribution in [1.82, 2.24) is 10.4 Å². The summed E-state index contributed by atoms with van der Waals surface area (Å²) < 4.78 is 35.0. The summed E-state index contributed by atoms with van der Waals surface area (Å²) in [5, 5.41) is 5.49. The molecule has 0 aliphatic carbocycles. The van der Waals surface area contributed by atoms with E-state index in [4.69, 9.17) is 9.29 Å². The van der Waals surface area contributed by atoms with Gasteiger partial charge in [0.2, 0.25) is 5.91 Å². The van der Waals surface area contributed by atoms with Gasteiger partial charge in [-0.2, -0.15) is 8.42 Å². The van der Waals surface area contributed by atoms with Crippen LogP contribution in [0, 0.1) is 0 Å². The van der Waals surface area contributed by atoms with Gasteiger partial charge in [-0.15, -0.1) is 0 Å². The van der Waals surface area contributed by atoms with E-state index in [1.54, 1.807) is 0 Å². The van der Waals surface area contributed by atoms with Gasteiger partial charge < -0.3 is 10.1 Å². The molecule has 122 valence electrons. The van der Waals surface area contributed by atoms with Crippen molar-refractivity contribution in [3.05, 3.63) is 0 Å². The molecule has 1 unspecified atom stereocenters. The fourth-order valence-electron chi connectivity index (χ4n) is 1.18. The van der Waals surface area contributed by atoms with Crippen LogP contribution in [0.1, 0.15) is 33.1 Å². The largest absolute Gasteiger partial charge is 0.397 e. The van der Waals surface area contributed by atoms with Gasteiger partial charge in [0, 0.05) is 6.61 Å². The molecule has 1 aliphatic rings. The zero-order chi connectivity index (χ0) is 16.0. The zero-order valence-electron chi connectivity index (χ0n) is 12.1. The van der Waals surface area contributed by atoms with Gasteiger partial charge in [-0.05, 0) is 19.3 Å². The third-order valence-electron chi connectivity index (χ3n) is 1.97. The van der Waals surface area contributed by atoms with Gasteiger partial charge in [0.1, 0.15) is 6.23 Å². The summed E-state index contributed by atoms with van der Waals surface area (Å²) in [6, 6.07) is 0. The molecule has 0 radical (unpaired) electrons. The first kappa shape index (κ1) is 22.0. The predicted octanol–water partition coefficient (Wildman–Crippen LogP) is 0.471. The standard InChI is InChI=1S/C7H15N2O2P.C2H6.CH4O4S/c10-6(5-8-12)9-7-3-1-2-4-11-7;1-2;1-5-6(2,3)4/h7-8H,1-5,12H2,(H,9,10);1-2H3;1H3,(H,2,3,4)/t7-;;/m1../s1. The molecule has 1 rings (SSSR count). The van der Waals surface area contributed by atoms with Gasteiger partial charge >= 0.3 is 10.4 Å². The number of carbonyl (C=O) groups is 1.